The van der Waals surface area contributed by atoms with Gasteiger partial charge in [0.05, 0.1) is 11.2 Å². The van der Waals surface area contributed by atoms with E-state index in [1.54, 1.807) is 25.1 Å². The third-order valence-corrected chi connectivity index (χ3v) is 5.16. The van der Waals surface area contributed by atoms with Gasteiger partial charge in [0, 0.05) is 11.9 Å². The van der Waals surface area contributed by atoms with Crippen LogP contribution in [0.2, 0.25) is 0 Å². The zero-order valence-electron chi connectivity index (χ0n) is 16.6. The highest BCUT2D eigenvalue weighted by atomic mass is 19.1. The van der Waals surface area contributed by atoms with Gasteiger partial charge in [-0.15, -0.1) is 0 Å². The Kier molecular flexibility index (Phi) is 5.24. The summed E-state index contributed by atoms with van der Waals surface area (Å²) < 4.78 is 26.5. The van der Waals surface area contributed by atoms with Crippen LogP contribution in [0.5, 0.6) is 0 Å². The van der Waals surface area contributed by atoms with Crippen LogP contribution in [-0.4, -0.2) is 28.3 Å². The molecule has 1 fully saturated rings. The first-order chi connectivity index (χ1) is 13.1. The molecule has 2 heterocycles. The Morgan fingerprint density at radius 1 is 1.11 bits per heavy atom. The van der Waals surface area contributed by atoms with Crippen LogP contribution in [-0.2, 0) is 9.31 Å². The van der Waals surface area contributed by atoms with E-state index in [9.17, 15) is 4.39 Å². The van der Waals surface area contributed by atoms with Crippen molar-refractivity contribution < 1.29 is 13.7 Å². The van der Waals surface area contributed by atoms with E-state index in [1.165, 1.54) is 6.20 Å². The van der Waals surface area contributed by atoms with E-state index in [0.29, 0.717) is 11.4 Å². The average Bonchev–Trinajstić information content (AvgIpc) is 2.88. The first kappa shape index (κ1) is 20.0. The SMILES string of the molecule is CC(=C(F)B1OC(C)(C)C(C)(C)O1)c1ccc(Nc2ccnc(C#N)n2)cc1. The van der Waals surface area contributed by atoms with Gasteiger partial charge in [0.1, 0.15) is 17.6 Å². The molecule has 0 saturated carbocycles. The molecule has 0 unspecified atom stereocenters. The third kappa shape index (κ3) is 3.91. The van der Waals surface area contributed by atoms with Crippen LogP contribution in [0.15, 0.2) is 42.3 Å². The molecule has 28 heavy (non-hydrogen) atoms. The third-order valence-electron chi connectivity index (χ3n) is 5.16. The molecule has 1 N–H and O–H groups in total. The summed E-state index contributed by atoms with van der Waals surface area (Å²) in [7, 11) is -1.02. The molecule has 0 bridgehead atoms. The van der Waals surface area contributed by atoms with Crippen molar-refractivity contribution in [2.24, 2.45) is 0 Å². The number of anilines is 2. The minimum atomic E-state index is -1.02. The Morgan fingerprint density at radius 2 is 1.71 bits per heavy atom. The molecule has 1 aromatic heterocycles. The van der Waals surface area contributed by atoms with E-state index in [1.807, 2.05) is 45.9 Å². The summed E-state index contributed by atoms with van der Waals surface area (Å²) in [5, 5.41) is 12.0. The van der Waals surface area contributed by atoms with Crippen LogP contribution in [0.1, 0.15) is 46.0 Å². The van der Waals surface area contributed by atoms with Gasteiger partial charge in [-0.1, -0.05) is 12.1 Å². The van der Waals surface area contributed by atoms with Crippen molar-refractivity contribution in [1.82, 2.24) is 9.97 Å². The molecular formula is C20H22BFN4O2. The van der Waals surface area contributed by atoms with Gasteiger partial charge >= 0.3 is 7.12 Å². The molecule has 0 radical (unpaired) electrons. The van der Waals surface area contributed by atoms with Crippen LogP contribution in [0, 0.1) is 11.3 Å². The van der Waals surface area contributed by atoms with Crippen LogP contribution < -0.4 is 5.32 Å². The minimum absolute atomic E-state index is 0.0879. The molecule has 0 atom stereocenters. The van der Waals surface area contributed by atoms with Gasteiger partial charge in [0.2, 0.25) is 5.82 Å². The van der Waals surface area contributed by atoms with Crippen molar-refractivity contribution in [3.63, 3.8) is 0 Å². The molecule has 1 aliphatic heterocycles. The van der Waals surface area contributed by atoms with Crippen LogP contribution in [0.3, 0.4) is 0 Å². The lowest BCUT2D eigenvalue weighted by molar-refractivity contribution is 0.00578. The van der Waals surface area contributed by atoms with E-state index < -0.39 is 24.0 Å². The standard InChI is InChI=1S/C20H22BFN4O2/c1-13(18(22)21-27-19(2,3)20(4,5)28-21)14-6-8-15(9-7-14)25-16-10-11-24-17(12-23)26-16/h6-11H,1-5H3,(H,24,25,26). The molecule has 0 spiro atoms. The summed E-state index contributed by atoms with van der Waals surface area (Å²) in [5.41, 5.74) is 0.312. The summed E-state index contributed by atoms with van der Waals surface area (Å²) in [6, 6.07) is 10.8. The summed E-state index contributed by atoms with van der Waals surface area (Å²) in [4.78, 5) is 7.90. The maximum absolute atomic E-state index is 15.0. The van der Waals surface area contributed by atoms with E-state index in [-0.39, 0.29) is 5.82 Å². The topological polar surface area (TPSA) is 80.1 Å². The minimum Gasteiger partial charge on any atom is -0.398 e. The average molecular weight is 380 g/mol. The van der Waals surface area contributed by atoms with E-state index in [2.05, 4.69) is 15.3 Å². The van der Waals surface area contributed by atoms with Crippen molar-refractivity contribution in [3.8, 4) is 6.07 Å². The van der Waals surface area contributed by atoms with E-state index in [0.717, 1.165) is 11.3 Å². The van der Waals surface area contributed by atoms with Gasteiger partial charge in [-0.25, -0.2) is 14.4 Å². The molecule has 2 aromatic rings. The quantitative estimate of drug-likeness (QED) is 0.791. The van der Waals surface area contributed by atoms with Crippen molar-refractivity contribution >= 4 is 24.2 Å². The normalized spacial score (nSPS) is 18.4. The fourth-order valence-electron chi connectivity index (χ4n) is 2.69. The molecule has 6 nitrogen and oxygen atoms in total. The van der Waals surface area contributed by atoms with Gasteiger partial charge in [-0.2, -0.15) is 5.26 Å². The number of allylic oxidation sites excluding steroid dienone is 1. The number of hydrogen-bond acceptors (Lipinski definition) is 6. The molecule has 1 saturated heterocycles. The molecule has 144 valence electrons. The first-order valence-electron chi connectivity index (χ1n) is 8.95. The second-order valence-corrected chi connectivity index (χ2v) is 7.64. The zero-order chi connectivity index (χ0) is 20.5. The lowest BCUT2D eigenvalue weighted by Crippen LogP contribution is -2.41. The van der Waals surface area contributed by atoms with Crippen molar-refractivity contribution in [1.29, 1.82) is 5.26 Å². The van der Waals surface area contributed by atoms with Gasteiger partial charge in [-0.05, 0) is 64.0 Å². The summed E-state index contributed by atoms with van der Waals surface area (Å²) in [6.45, 7) is 9.26. The highest BCUT2D eigenvalue weighted by Crippen LogP contribution is 2.40. The van der Waals surface area contributed by atoms with Gasteiger partial charge in [-0.3, -0.25) is 0 Å². The van der Waals surface area contributed by atoms with Gasteiger partial charge in [0.25, 0.3) is 0 Å². The van der Waals surface area contributed by atoms with Crippen molar-refractivity contribution in [3.05, 3.63) is 53.6 Å². The number of nitrogens with one attached hydrogen (secondary N) is 1. The number of nitriles is 1. The Morgan fingerprint density at radius 3 is 2.29 bits per heavy atom. The number of halogens is 1. The number of aromatic nitrogens is 2. The predicted octanol–water partition coefficient (Wildman–Crippen LogP) is 4.42. The van der Waals surface area contributed by atoms with Gasteiger partial charge < -0.3 is 14.6 Å². The summed E-state index contributed by atoms with van der Waals surface area (Å²) in [5.74, 6) is 0.597. The molecule has 3 rings (SSSR count). The van der Waals surface area contributed by atoms with Gasteiger partial charge in [0.15, 0.2) is 0 Å². The highest BCUT2D eigenvalue weighted by molar-refractivity contribution is 6.55. The number of nitrogens with zero attached hydrogens (tertiary/aromatic N) is 3. The fourth-order valence-corrected chi connectivity index (χ4v) is 2.69. The smallest absolute Gasteiger partial charge is 0.398 e. The van der Waals surface area contributed by atoms with E-state index in [4.69, 9.17) is 14.6 Å². The monoisotopic (exact) mass is 380 g/mol. The predicted molar refractivity (Wildman–Crippen MR) is 106 cm³/mol. The number of rotatable bonds is 4. The highest BCUT2D eigenvalue weighted by Gasteiger charge is 2.53. The maximum atomic E-state index is 15.0. The lowest BCUT2D eigenvalue weighted by atomic mass is 9.83. The largest absolute Gasteiger partial charge is 0.525 e. The molecule has 1 aromatic carbocycles. The second kappa shape index (κ2) is 7.34. The summed E-state index contributed by atoms with van der Waals surface area (Å²) >= 11 is 0. The second-order valence-electron chi connectivity index (χ2n) is 7.64. The number of hydrogen-bond donors (Lipinski definition) is 1. The molecule has 1 aliphatic rings. The Labute approximate surface area is 164 Å². The zero-order valence-corrected chi connectivity index (χ0v) is 16.6. The molecule has 0 amide bonds. The Bertz CT molecular complexity index is 935. The van der Waals surface area contributed by atoms with Crippen LogP contribution in [0.25, 0.3) is 5.57 Å². The Hall–Kier alpha value is -2.76. The van der Waals surface area contributed by atoms with Crippen molar-refractivity contribution in [2.45, 2.75) is 45.8 Å². The Balaban J connectivity index is 1.77. The first-order valence-corrected chi connectivity index (χ1v) is 8.95. The molecular weight excluding hydrogens is 358 g/mol. The lowest BCUT2D eigenvalue weighted by Gasteiger charge is -2.32. The number of benzene rings is 1. The van der Waals surface area contributed by atoms with E-state index >= 15 is 0 Å². The maximum Gasteiger partial charge on any atom is 0.525 e. The molecule has 0 aliphatic carbocycles. The summed E-state index contributed by atoms with van der Waals surface area (Å²) in [6.07, 6.45) is 1.51. The van der Waals surface area contributed by atoms with Crippen molar-refractivity contribution in [2.75, 3.05) is 5.32 Å². The van der Waals surface area contributed by atoms with Crippen LogP contribution >= 0.6 is 0 Å². The van der Waals surface area contributed by atoms with Crippen LogP contribution in [0.4, 0.5) is 15.9 Å². The molecule has 8 heteroatoms. The fraction of sp³-hybridized carbons (Fsp3) is 0.350.